The molecule has 7 nitrogen and oxygen atoms in total. The Balaban J connectivity index is 1.55. The van der Waals surface area contributed by atoms with Gasteiger partial charge in [0.15, 0.2) is 17.0 Å². The van der Waals surface area contributed by atoms with Crippen LogP contribution in [-0.4, -0.2) is 38.6 Å². The second-order valence-electron chi connectivity index (χ2n) is 7.17. The molecule has 7 heteroatoms. The fourth-order valence-electron chi connectivity index (χ4n) is 3.34. The van der Waals surface area contributed by atoms with Gasteiger partial charge in [0.05, 0.1) is 13.7 Å². The van der Waals surface area contributed by atoms with Crippen LogP contribution in [-0.2, 0) is 19.4 Å². The lowest BCUT2D eigenvalue weighted by Crippen LogP contribution is -2.10. The molecule has 0 spiro atoms. The first-order valence-electron chi connectivity index (χ1n) is 10.3. The highest BCUT2D eigenvalue weighted by atomic mass is 16.5. The maximum Gasteiger partial charge on any atom is 0.184 e. The van der Waals surface area contributed by atoms with Crippen LogP contribution < -0.4 is 10.1 Å². The number of anilines is 1. The summed E-state index contributed by atoms with van der Waals surface area (Å²) in [6.07, 6.45) is 2.67. The van der Waals surface area contributed by atoms with Crippen molar-refractivity contribution >= 4 is 17.0 Å². The number of rotatable bonds is 9. The predicted octanol–water partition coefficient (Wildman–Crippen LogP) is 3.89. The van der Waals surface area contributed by atoms with E-state index in [2.05, 4.69) is 46.8 Å². The van der Waals surface area contributed by atoms with Gasteiger partial charge in [-0.25, -0.2) is 14.6 Å². The van der Waals surface area contributed by atoms with E-state index in [-0.39, 0.29) is 0 Å². The first kappa shape index (κ1) is 19.8. The summed E-state index contributed by atoms with van der Waals surface area (Å²) in [5.74, 6) is 2.42. The molecule has 30 heavy (non-hydrogen) atoms. The summed E-state index contributed by atoms with van der Waals surface area (Å²) in [6, 6.07) is 18.3. The van der Waals surface area contributed by atoms with E-state index in [1.807, 2.05) is 35.0 Å². The third-order valence-corrected chi connectivity index (χ3v) is 4.92. The second-order valence-corrected chi connectivity index (χ2v) is 7.17. The highest BCUT2D eigenvalue weighted by molar-refractivity contribution is 5.82. The van der Waals surface area contributed by atoms with Crippen molar-refractivity contribution < 1.29 is 4.74 Å². The first-order valence-corrected chi connectivity index (χ1v) is 10.3. The van der Waals surface area contributed by atoms with E-state index in [1.165, 1.54) is 5.56 Å². The van der Waals surface area contributed by atoms with E-state index >= 15 is 0 Å². The van der Waals surface area contributed by atoms with Crippen molar-refractivity contribution in [2.45, 2.75) is 32.7 Å². The topological polar surface area (TPSA) is 77.8 Å². The van der Waals surface area contributed by atoms with Crippen molar-refractivity contribution in [2.75, 3.05) is 19.0 Å². The monoisotopic (exact) mass is 402 g/mol. The molecule has 0 fully saturated rings. The smallest absolute Gasteiger partial charge is 0.184 e. The van der Waals surface area contributed by atoms with Crippen molar-refractivity contribution in [3.8, 4) is 5.75 Å². The maximum atomic E-state index is 5.22. The number of fused-ring (bicyclic) bond motifs is 1. The number of aryl methyl sites for hydroxylation is 1. The van der Waals surface area contributed by atoms with Crippen LogP contribution >= 0.6 is 0 Å². The zero-order valence-corrected chi connectivity index (χ0v) is 17.4. The molecule has 2 heterocycles. The minimum atomic E-state index is 0.630. The van der Waals surface area contributed by atoms with Crippen LogP contribution in [0.5, 0.6) is 5.75 Å². The Morgan fingerprint density at radius 1 is 0.933 bits per heavy atom. The Hall–Kier alpha value is -3.48. The lowest BCUT2D eigenvalue weighted by Gasteiger charge is -2.09. The molecular weight excluding hydrogens is 376 g/mol. The number of nitrogens with zero attached hydrogens (tertiary/aromatic N) is 5. The van der Waals surface area contributed by atoms with Crippen LogP contribution in [0.3, 0.4) is 0 Å². The van der Waals surface area contributed by atoms with E-state index < -0.39 is 0 Å². The summed E-state index contributed by atoms with van der Waals surface area (Å²) in [7, 11) is 1.68. The summed E-state index contributed by atoms with van der Waals surface area (Å²) >= 11 is 0. The van der Waals surface area contributed by atoms with Crippen molar-refractivity contribution in [2.24, 2.45) is 0 Å². The van der Waals surface area contributed by atoms with E-state index in [0.29, 0.717) is 12.1 Å². The number of aromatic nitrogens is 5. The molecule has 0 aliphatic heterocycles. The van der Waals surface area contributed by atoms with Crippen LogP contribution in [0.1, 0.15) is 30.3 Å². The van der Waals surface area contributed by atoms with E-state index in [1.54, 1.807) is 7.11 Å². The van der Waals surface area contributed by atoms with Gasteiger partial charge in [0, 0.05) is 13.0 Å². The summed E-state index contributed by atoms with van der Waals surface area (Å²) in [5.41, 5.74) is 3.87. The molecule has 4 rings (SSSR count). The standard InChI is InChI=1S/C23H26N6O/c1-3-7-20-25-22(24-15-14-17-10-12-19(30-2)13-11-17)21-23(26-20)29(28-27-21)16-18-8-5-4-6-9-18/h4-6,8-13H,3,7,14-16H2,1-2H3,(H,24,25,26). The molecule has 4 aromatic rings. The van der Waals surface area contributed by atoms with E-state index in [0.717, 1.165) is 54.4 Å². The van der Waals surface area contributed by atoms with Gasteiger partial charge in [-0.15, -0.1) is 5.10 Å². The average molecular weight is 403 g/mol. The molecule has 0 atom stereocenters. The largest absolute Gasteiger partial charge is 0.497 e. The third-order valence-electron chi connectivity index (χ3n) is 4.92. The summed E-state index contributed by atoms with van der Waals surface area (Å²) in [6.45, 7) is 3.50. The van der Waals surface area contributed by atoms with Crippen LogP contribution in [0, 0.1) is 0 Å². The molecular formula is C23H26N6O. The average Bonchev–Trinajstić information content (AvgIpc) is 3.18. The Kier molecular flexibility index (Phi) is 6.17. The molecule has 2 aromatic carbocycles. The van der Waals surface area contributed by atoms with Gasteiger partial charge >= 0.3 is 0 Å². The Morgan fingerprint density at radius 3 is 2.47 bits per heavy atom. The normalized spacial score (nSPS) is 11.0. The molecule has 0 saturated heterocycles. The lowest BCUT2D eigenvalue weighted by molar-refractivity contribution is 0.414. The predicted molar refractivity (Wildman–Crippen MR) is 118 cm³/mol. The summed E-state index contributed by atoms with van der Waals surface area (Å²) in [4.78, 5) is 9.45. The molecule has 0 bridgehead atoms. The Morgan fingerprint density at radius 2 is 1.73 bits per heavy atom. The number of methoxy groups -OCH3 is 1. The molecule has 0 radical (unpaired) electrons. The lowest BCUT2D eigenvalue weighted by atomic mass is 10.1. The molecule has 0 amide bonds. The Bertz CT molecular complexity index is 1090. The number of benzene rings is 2. The van der Waals surface area contributed by atoms with Gasteiger partial charge in [0.1, 0.15) is 11.6 Å². The van der Waals surface area contributed by atoms with Crippen LogP contribution in [0.15, 0.2) is 54.6 Å². The highest BCUT2D eigenvalue weighted by Gasteiger charge is 2.14. The maximum absolute atomic E-state index is 5.22. The highest BCUT2D eigenvalue weighted by Crippen LogP contribution is 2.20. The molecule has 0 aliphatic carbocycles. The molecule has 1 N–H and O–H groups in total. The van der Waals surface area contributed by atoms with Crippen molar-refractivity contribution in [1.82, 2.24) is 25.0 Å². The fraction of sp³-hybridized carbons (Fsp3) is 0.304. The van der Waals surface area contributed by atoms with Gasteiger partial charge in [0.25, 0.3) is 0 Å². The van der Waals surface area contributed by atoms with Crippen LogP contribution in [0.2, 0.25) is 0 Å². The number of hydrogen-bond donors (Lipinski definition) is 1. The summed E-state index contributed by atoms with van der Waals surface area (Å²) < 4.78 is 7.07. The quantitative estimate of drug-likeness (QED) is 0.458. The number of nitrogens with one attached hydrogen (secondary N) is 1. The zero-order valence-electron chi connectivity index (χ0n) is 17.4. The van der Waals surface area contributed by atoms with Gasteiger partial charge in [-0.2, -0.15) is 0 Å². The molecule has 2 aromatic heterocycles. The molecule has 0 aliphatic rings. The van der Waals surface area contributed by atoms with Gasteiger partial charge in [-0.05, 0) is 36.1 Å². The Labute approximate surface area is 176 Å². The molecule has 154 valence electrons. The molecule has 0 saturated carbocycles. The summed E-state index contributed by atoms with van der Waals surface area (Å²) in [5, 5.41) is 12.2. The van der Waals surface area contributed by atoms with Gasteiger partial charge in [-0.3, -0.25) is 0 Å². The van der Waals surface area contributed by atoms with E-state index in [4.69, 9.17) is 14.7 Å². The van der Waals surface area contributed by atoms with Crippen molar-refractivity contribution in [3.05, 3.63) is 71.5 Å². The molecule has 0 unspecified atom stereocenters. The van der Waals surface area contributed by atoms with Gasteiger partial charge in [-0.1, -0.05) is 54.6 Å². The van der Waals surface area contributed by atoms with Crippen molar-refractivity contribution in [3.63, 3.8) is 0 Å². The third kappa shape index (κ3) is 4.56. The second kappa shape index (κ2) is 9.35. The van der Waals surface area contributed by atoms with Gasteiger partial charge < -0.3 is 10.1 Å². The zero-order chi connectivity index (χ0) is 20.8. The first-order chi connectivity index (χ1) is 14.8. The van der Waals surface area contributed by atoms with E-state index in [9.17, 15) is 0 Å². The number of hydrogen-bond acceptors (Lipinski definition) is 6. The fourth-order valence-corrected chi connectivity index (χ4v) is 3.34. The van der Waals surface area contributed by atoms with Crippen LogP contribution in [0.25, 0.3) is 11.2 Å². The SMILES string of the molecule is CCCc1nc(NCCc2ccc(OC)cc2)c2nnn(Cc3ccccc3)c2n1. The van der Waals surface area contributed by atoms with Crippen LogP contribution in [0.4, 0.5) is 5.82 Å². The minimum Gasteiger partial charge on any atom is -0.497 e. The number of ether oxygens (including phenoxy) is 1. The van der Waals surface area contributed by atoms with Crippen molar-refractivity contribution in [1.29, 1.82) is 0 Å². The minimum absolute atomic E-state index is 0.630. The van der Waals surface area contributed by atoms with Gasteiger partial charge in [0.2, 0.25) is 0 Å².